The van der Waals surface area contributed by atoms with Crippen LogP contribution in [0.1, 0.15) is 72.6 Å². The van der Waals surface area contributed by atoms with Crippen molar-refractivity contribution in [3.05, 3.63) is 0 Å². The second-order valence-electron chi connectivity index (χ2n) is 8.64. The Morgan fingerprint density at radius 1 is 0.815 bits per heavy atom. The van der Waals surface area contributed by atoms with Gasteiger partial charge in [0.25, 0.3) is 0 Å². The van der Waals surface area contributed by atoms with E-state index in [1.165, 1.54) is 25.7 Å². The van der Waals surface area contributed by atoms with Crippen molar-refractivity contribution in [2.24, 2.45) is 23.7 Å². The number of hydrogen-bond donors (Lipinski definition) is 0. The average molecular weight is 399 g/mol. The zero-order valence-electron chi connectivity index (χ0n) is 16.1. The molecule has 0 spiro atoms. The maximum absolute atomic E-state index is 13.4. The standard InChI is InChI=1S/C20H31F3O2.2H2O.H2/c1-12-2-4-13(5-3-12)14-6-8-15(9-7-14)20(24)25-16-10-17(21)19(23)18(22)11-16;;;/h12-19H,2-11H2,1H3;2*1H2;1H. The lowest BCUT2D eigenvalue weighted by atomic mass is 9.69. The maximum atomic E-state index is 13.4. The lowest BCUT2D eigenvalue weighted by Gasteiger charge is -2.37. The lowest BCUT2D eigenvalue weighted by Crippen LogP contribution is -2.42. The largest absolute Gasteiger partial charge is 0.462 e. The number of alkyl halides is 3. The van der Waals surface area contributed by atoms with Crippen LogP contribution >= 0.6 is 0 Å². The molecule has 0 aliphatic heterocycles. The van der Waals surface area contributed by atoms with Crippen molar-refractivity contribution in [3.63, 3.8) is 0 Å². The van der Waals surface area contributed by atoms with Gasteiger partial charge in [0, 0.05) is 14.3 Å². The highest BCUT2D eigenvalue weighted by Gasteiger charge is 2.41. The van der Waals surface area contributed by atoms with Gasteiger partial charge >= 0.3 is 5.97 Å². The summed E-state index contributed by atoms with van der Waals surface area (Å²) in [6.45, 7) is 2.32. The molecule has 0 radical (unpaired) electrons. The first-order valence-corrected chi connectivity index (χ1v) is 10.1. The molecular weight excluding hydrogens is 361 g/mol. The molecule has 2 atom stereocenters. The normalized spacial score (nSPS) is 42.4. The summed E-state index contributed by atoms with van der Waals surface area (Å²) in [5, 5.41) is 0. The number of ether oxygens (including phenoxy) is 1. The van der Waals surface area contributed by atoms with Gasteiger partial charge < -0.3 is 15.7 Å². The van der Waals surface area contributed by atoms with Crippen LogP contribution in [0.5, 0.6) is 0 Å². The summed E-state index contributed by atoms with van der Waals surface area (Å²) >= 11 is 0. The minimum Gasteiger partial charge on any atom is -0.462 e. The average Bonchev–Trinajstić information content (AvgIpc) is 2.60. The Morgan fingerprint density at radius 3 is 1.74 bits per heavy atom. The van der Waals surface area contributed by atoms with Crippen LogP contribution in [-0.2, 0) is 9.53 Å². The summed E-state index contributed by atoms with van der Waals surface area (Å²) in [6.07, 6.45) is 1.90. The zero-order valence-corrected chi connectivity index (χ0v) is 16.1. The maximum Gasteiger partial charge on any atom is 0.309 e. The van der Waals surface area contributed by atoms with Crippen molar-refractivity contribution in [1.29, 1.82) is 0 Å². The predicted octanol–water partition coefficient (Wildman–Crippen LogP) is 3.94. The highest BCUT2D eigenvalue weighted by molar-refractivity contribution is 5.72. The zero-order chi connectivity index (χ0) is 18.0. The molecule has 3 fully saturated rings. The molecule has 4 N–H and O–H groups in total. The van der Waals surface area contributed by atoms with Gasteiger partial charge in [0.05, 0.1) is 5.92 Å². The third-order valence-corrected chi connectivity index (χ3v) is 6.78. The van der Waals surface area contributed by atoms with Crippen molar-refractivity contribution >= 4 is 5.97 Å². The molecule has 0 aromatic carbocycles. The van der Waals surface area contributed by atoms with Crippen LogP contribution in [0.4, 0.5) is 13.2 Å². The van der Waals surface area contributed by atoms with Crippen LogP contribution in [0.3, 0.4) is 0 Å². The number of halogens is 3. The van der Waals surface area contributed by atoms with Crippen molar-refractivity contribution in [2.45, 2.75) is 95.8 Å². The molecule has 0 amide bonds. The second kappa shape index (κ2) is 10.6. The van der Waals surface area contributed by atoms with Gasteiger partial charge in [0.1, 0.15) is 18.4 Å². The van der Waals surface area contributed by atoms with Crippen molar-refractivity contribution in [1.82, 2.24) is 0 Å². The van der Waals surface area contributed by atoms with Crippen molar-refractivity contribution in [2.75, 3.05) is 0 Å². The minimum absolute atomic E-state index is 0. The molecule has 2 unspecified atom stereocenters. The molecule has 3 rings (SSSR count). The van der Waals surface area contributed by atoms with Crippen LogP contribution in [0.2, 0.25) is 0 Å². The third kappa shape index (κ3) is 6.08. The Balaban J connectivity index is 0.00000243. The molecular formula is C20H37F3O4. The van der Waals surface area contributed by atoms with Gasteiger partial charge in [-0.15, -0.1) is 0 Å². The van der Waals surface area contributed by atoms with E-state index in [4.69, 9.17) is 4.74 Å². The molecule has 3 saturated carbocycles. The van der Waals surface area contributed by atoms with E-state index >= 15 is 0 Å². The molecule has 3 aliphatic carbocycles. The first kappa shape index (κ1) is 24.2. The Kier molecular flexibility index (Phi) is 9.55. The van der Waals surface area contributed by atoms with E-state index in [0.29, 0.717) is 5.92 Å². The van der Waals surface area contributed by atoms with Gasteiger partial charge in [-0.05, 0) is 56.3 Å². The van der Waals surface area contributed by atoms with Crippen LogP contribution in [0.15, 0.2) is 0 Å². The second-order valence-corrected chi connectivity index (χ2v) is 8.64. The molecule has 0 saturated heterocycles. The summed E-state index contributed by atoms with van der Waals surface area (Å²) < 4.78 is 45.4. The quantitative estimate of drug-likeness (QED) is 0.674. The van der Waals surface area contributed by atoms with E-state index in [1.807, 2.05) is 0 Å². The lowest BCUT2D eigenvalue weighted by molar-refractivity contribution is -0.161. The number of carbonyl (C=O) groups excluding carboxylic acids is 1. The highest BCUT2D eigenvalue weighted by atomic mass is 19.2. The van der Waals surface area contributed by atoms with E-state index < -0.39 is 24.6 Å². The fourth-order valence-electron chi connectivity index (χ4n) is 5.03. The van der Waals surface area contributed by atoms with E-state index in [0.717, 1.165) is 37.5 Å². The number of hydrogen-bond acceptors (Lipinski definition) is 2. The van der Waals surface area contributed by atoms with Gasteiger partial charge in [-0.3, -0.25) is 4.79 Å². The first-order valence-electron chi connectivity index (χ1n) is 10.1. The molecule has 27 heavy (non-hydrogen) atoms. The van der Waals surface area contributed by atoms with Gasteiger partial charge in [0.15, 0.2) is 6.17 Å². The minimum atomic E-state index is -2.08. The van der Waals surface area contributed by atoms with Crippen molar-refractivity contribution < 1.29 is 35.1 Å². The fraction of sp³-hybridized carbons (Fsp3) is 0.950. The van der Waals surface area contributed by atoms with E-state index in [-0.39, 0.29) is 37.1 Å². The number of carbonyl (C=O) groups is 1. The smallest absolute Gasteiger partial charge is 0.309 e. The Hall–Kier alpha value is -0.820. The number of esters is 1. The van der Waals surface area contributed by atoms with Gasteiger partial charge in [-0.25, -0.2) is 13.2 Å². The van der Waals surface area contributed by atoms with Gasteiger partial charge in [0.2, 0.25) is 0 Å². The Bertz CT molecular complexity index is 443. The Labute approximate surface area is 161 Å². The first-order chi connectivity index (χ1) is 11.9. The third-order valence-electron chi connectivity index (χ3n) is 6.78. The summed E-state index contributed by atoms with van der Waals surface area (Å²) in [7, 11) is 0. The predicted molar refractivity (Wildman–Crippen MR) is 99.7 cm³/mol. The van der Waals surface area contributed by atoms with Crippen LogP contribution in [0, 0.1) is 23.7 Å². The monoisotopic (exact) mass is 398 g/mol. The topological polar surface area (TPSA) is 89.3 Å². The van der Waals surface area contributed by atoms with Crippen LogP contribution in [0.25, 0.3) is 0 Å². The van der Waals surface area contributed by atoms with Crippen molar-refractivity contribution in [3.8, 4) is 0 Å². The highest BCUT2D eigenvalue weighted by Crippen LogP contribution is 2.41. The number of rotatable bonds is 3. The molecule has 3 aliphatic rings. The Morgan fingerprint density at radius 2 is 1.26 bits per heavy atom. The summed E-state index contributed by atoms with van der Waals surface area (Å²) in [6, 6.07) is 0. The molecule has 0 bridgehead atoms. The summed E-state index contributed by atoms with van der Waals surface area (Å²) in [5.41, 5.74) is 0. The van der Waals surface area contributed by atoms with Gasteiger partial charge in [-0.1, -0.05) is 19.8 Å². The van der Waals surface area contributed by atoms with E-state index in [1.54, 1.807) is 0 Å². The molecule has 0 heterocycles. The molecule has 0 aromatic heterocycles. The molecule has 0 aromatic rings. The summed E-state index contributed by atoms with van der Waals surface area (Å²) in [4.78, 5) is 12.3. The summed E-state index contributed by atoms with van der Waals surface area (Å²) in [5.74, 6) is 1.87. The molecule has 7 heteroatoms. The van der Waals surface area contributed by atoms with E-state index in [2.05, 4.69) is 6.92 Å². The fourth-order valence-corrected chi connectivity index (χ4v) is 5.03. The van der Waals surface area contributed by atoms with Gasteiger partial charge in [-0.2, -0.15) is 0 Å². The van der Waals surface area contributed by atoms with E-state index in [9.17, 15) is 18.0 Å². The SMILES string of the molecule is CC1CCC(C2CCC(C(=O)OC3CC(F)C(F)C(F)C3)CC2)CC1.O.O.[HH]. The van der Waals surface area contributed by atoms with Crippen LogP contribution < -0.4 is 0 Å². The molecule has 162 valence electrons. The van der Waals surface area contributed by atoms with Crippen LogP contribution in [-0.4, -0.2) is 41.5 Å². The molecule has 4 nitrogen and oxygen atoms in total.